The van der Waals surface area contributed by atoms with Gasteiger partial charge >= 0.3 is 6.09 Å². The monoisotopic (exact) mass is 298 g/mol. The van der Waals surface area contributed by atoms with Gasteiger partial charge in [0.1, 0.15) is 5.60 Å². The zero-order valence-corrected chi connectivity index (χ0v) is 14.7. The third kappa shape index (κ3) is 7.70. The van der Waals surface area contributed by atoms with Gasteiger partial charge < -0.3 is 15.4 Å². The van der Waals surface area contributed by atoms with E-state index in [0.717, 1.165) is 13.0 Å². The van der Waals surface area contributed by atoms with E-state index in [4.69, 9.17) is 4.74 Å². The average molecular weight is 298 g/mol. The van der Waals surface area contributed by atoms with E-state index < -0.39 is 5.60 Å². The molecule has 2 N–H and O–H groups in total. The van der Waals surface area contributed by atoms with Crippen molar-refractivity contribution in [3.63, 3.8) is 0 Å². The van der Waals surface area contributed by atoms with Crippen molar-refractivity contribution in [2.75, 3.05) is 6.54 Å². The summed E-state index contributed by atoms with van der Waals surface area (Å²) in [7, 11) is 0. The molecule has 2 unspecified atom stereocenters. The minimum absolute atomic E-state index is 0.130. The van der Waals surface area contributed by atoms with E-state index in [2.05, 4.69) is 31.4 Å². The molecule has 1 fully saturated rings. The summed E-state index contributed by atoms with van der Waals surface area (Å²) in [5, 5.41) is 6.59. The molecule has 0 aromatic rings. The minimum Gasteiger partial charge on any atom is -0.444 e. The van der Waals surface area contributed by atoms with Crippen LogP contribution >= 0.6 is 0 Å². The lowest BCUT2D eigenvalue weighted by Crippen LogP contribution is -2.47. The number of ether oxygens (including phenoxy) is 1. The molecule has 1 amide bonds. The highest BCUT2D eigenvalue weighted by Crippen LogP contribution is 2.34. The Balaban J connectivity index is 2.35. The molecule has 0 aromatic heterocycles. The van der Waals surface area contributed by atoms with Gasteiger partial charge in [0.15, 0.2) is 0 Å². The maximum atomic E-state index is 11.8. The van der Waals surface area contributed by atoms with Crippen molar-refractivity contribution in [1.29, 1.82) is 0 Å². The molecule has 0 aliphatic heterocycles. The third-order valence-corrected chi connectivity index (χ3v) is 4.07. The van der Waals surface area contributed by atoms with Crippen LogP contribution in [0.25, 0.3) is 0 Å². The lowest BCUT2D eigenvalue weighted by molar-refractivity contribution is 0.0500. The summed E-state index contributed by atoms with van der Waals surface area (Å²) in [5.41, 5.74) is -0.000576. The molecule has 124 valence electrons. The van der Waals surface area contributed by atoms with Gasteiger partial charge in [-0.05, 0) is 51.9 Å². The quantitative estimate of drug-likeness (QED) is 0.810. The molecule has 0 bridgehead atoms. The van der Waals surface area contributed by atoms with Crippen molar-refractivity contribution < 1.29 is 9.53 Å². The Labute approximate surface area is 130 Å². The number of nitrogens with one attached hydrogen (secondary N) is 2. The second kappa shape index (κ2) is 7.48. The maximum absolute atomic E-state index is 11.8. The fourth-order valence-electron chi connectivity index (χ4n) is 2.95. The normalized spacial score (nSPS) is 23.4. The van der Waals surface area contributed by atoms with Crippen molar-refractivity contribution in [2.45, 2.75) is 91.3 Å². The van der Waals surface area contributed by atoms with E-state index in [-0.39, 0.29) is 12.1 Å². The summed E-state index contributed by atoms with van der Waals surface area (Å²) in [4.78, 5) is 11.8. The molecule has 1 saturated carbocycles. The van der Waals surface area contributed by atoms with Gasteiger partial charge in [0.25, 0.3) is 0 Å². The first kappa shape index (κ1) is 18.3. The van der Waals surface area contributed by atoms with Crippen LogP contribution in [0.15, 0.2) is 0 Å². The topological polar surface area (TPSA) is 50.4 Å². The fraction of sp³-hybridized carbons (Fsp3) is 0.941. The zero-order valence-electron chi connectivity index (χ0n) is 14.7. The summed E-state index contributed by atoms with van der Waals surface area (Å²) < 4.78 is 5.32. The Morgan fingerprint density at radius 2 is 2.05 bits per heavy atom. The van der Waals surface area contributed by atoms with Gasteiger partial charge in [0.2, 0.25) is 0 Å². The van der Waals surface area contributed by atoms with Crippen LogP contribution in [0.2, 0.25) is 0 Å². The number of carbonyl (C=O) groups excluding carboxylic acids is 1. The van der Waals surface area contributed by atoms with Crippen LogP contribution in [-0.4, -0.2) is 30.3 Å². The van der Waals surface area contributed by atoms with Gasteiger partial charge in [-0.2, -0.15) is 0 Å². The Kier molecular flexibility index (Phi) is 6.51. The van der Waals surface area contributed by atoms with Crippen LogP contribution in [-0.2, 0) is 4.74 Å². The van der Waals surface area contributed by atoms with Gasteiger partial charge in [0.05, 0.1) is 0 Å². The van der Waals surface area contributed by atoms with Gasteiger partial charge in [0, 0.05) is 18.6 Å². The molecule has 0 aromatic carbocycles. The van der Waals surface area contributed by atoms with Crippen LogP contribution in [0.4, 0.5) is 4.79 Å². The van der Waals surface area contributed by atoms with E-state index in [1.807, 2.05) is 20.8 Å². The van der Waals surface area contributed by atoms with Crippen molar-refractivity contribution in [1.82, 2.24) is 10.6 Å². The molecule has 1 rings (SSSR count). The summed E-state index contributed by atoms with van der Waals surface area (Å²) >= 11 is 0. The number of amides is 1. The SMILES string of the molecule is CCC(CNC1CCCC(C)(C)C1)NC(=O)OC(C)(C)C. The second-order valence-corrected chi connectivity index (χ2v) is 8.12. The summed E-state index contributed by atoms with van der Waals surface area (Å²) in [6, 6.07) is 0.702. The maximum Gasteiger partial charge on any atom is 0.407 e. The minimum atomic E-state index is -0.441. The molecular formula is C17H34N2O2. The van der Waals surface area contributed by atoms with Crippen LogP contribution in [0.1, 0.15) is 73.6 Å². The first-order chi connectivity index (χ1) is 9.61. The Bertz CT molecular complexity index is 334. The number of rotatable bonds is 5. The van der Waals surface area contributed by atoms with Crippen LogP contribution in [0, 0.1) is 5.41 Å². The van der Waals surface area contributed by atoms with Crippen LogP contribution < -0.4 is 10.6 Å². The van der Waals surface area contributed by atoms with Crippen molar-refractivity contribution in [3.8, 4) is 0 Å². The standard InChI is InChI=1S/C17H34N2O2/c1-7-13(19-15(20)21-16(2,3)4)12-18-14-9-8-10-17(5,6)11-14/h13-14,18H,7-12H2,1-6H3,(H,19,20). The van der Waals surface area contributed by atoms with Crippen LogP contribution in [0.5, 0.6) is 0 Å². The smallest absolute Gasteiger partial charge is 0.407 e. The molecule has 0 saturated heterocycles. The second-order valence-electron chi connectivity index (χ2n) is 8.12. The molecule has 2 atom stereocenters. The van der Waals surface area contributed by atoms with Gasteiger partial charge in [-0.25, -0.2) is 4.79 Å². The van der Waals surface area contributed by atoms with Crippen LogP contribution in [0.3, 0.4) is 0 Å². The molecule has 1 aliphatic carbocycles. The molecule has 4 nitrogen and oxygen atoms in total. The average Bonchev–Trinajstić information content (AvgIpc) is 2.31. The Morgan fingerprint density at radius 3 is 2.57 bits per heavy atom. The molecule has 0 spiro atoms. The number of carbonyl (C=O) groups is 1. The highest BCUT2D eigenvalue weighted by Gasteiger charge is 2.28. The number of hydrogen-bond acceptors (Lipinski definition) is 3. The molecule has 1 aliphatic rings. The van der Waals surface area contributed by atoms with E-state index >= 15 is 0 Å². The first-order valence-corrected chi connectivity index (χ1v) is 8.34. The van der Waals surface area contributed by atoms with Gasteiger partial charge in [-0.1, -0.05) is 27.2 Å². The highest BCUT2D eigenvalue weighted by molar-refractivity contribution is 5.68. The lowest BCUT2D eigenvalue weighted by atomic mass is 9.75. The van der Waals surface area contributed by atoms with E-state index in [0.29, 0.717) is 11.5 Å². The lowest BCUT2D eigenvalue weighted by Gasteiger charge is -2.36. The molecule has 4 heteroatoms. The fourth-order valence-corrected chi connectivity index (χ4v) is 2.95. The summed E-state index contributed by atoms with van der Waals surface area (Å²) in [6.45, 7) is 13.3. The summed E-state index contributed by atoms with van der Waals surface area (Å²) in [5.74, 6) is 0. The predicted molar refractivity (Wildman–Crippen MR) is 87.5 cm³/mol. The van der Waals surface area contributed by atoms with Crippen molar-refractivity contribution >= 4 is 6.09 Å². The largest absolute Gasteiger partial charge is 0.444 e. The van der Waals surface area contributed by atoms with E-state index in [1.54, 1.807) is 0 Å². The van der Waals surface area contributed by atoms with E-state index in [1.165, 1.54) is 25.7 Å². The van der Waals surface area contributed by atoms with Gasteiger partial charge in [-0.3, -0.25) is 0 Å². The number of alkyl carbamates (subject to hydrolysis) is 1. The highest BCUT2D eigenvalue weighted by atomic mass is 16.6. The van der Waals surface area contributed by atoms with Gasteiger partial charge in [-0.15, -0.1) is 0 Å². The molecule has 0 heterocycles. The molecular weight excluding hydrogens is 264 g/mol. The third-order valence-electron chi connectivity index (χ3n) is 4.07. The zero-order chi connectivity index (χ0) is 16.1. The van der Waals surface area contributed by atoms with Crippen molar-refractivity contribution in [3.05, 3.63) is 0 Å². The Morgan fingerprint density at radius 1 is 1.38 bits per heavy atom. The number of hydrogen-bond donors (Lipinski definition) is 2. The molecule has 0 radical (unpaired) electrons. The predicted octanol–water partition coefficient (Wildman–Crippen LogP) is 3.85. The Hall–Kier alpha value is -0.770. The van der Waals surface area contributed by atoms with Crippen molar-refractivity contribution in [2.24, 2.45) is 5.41 Å². The van der Waals surface area contributed by atoms with E-state index in [9.17, 15) is 4.79 Å². The summed E-state index contributed by atoms with van der Waals surface area (Å²) in [6.07, 6.45) is 5.66. The first-order valence-electron chi connectivity index (χ1n) is 8.34. The molecule has 21 heavy (non-hydrogen) atoms.